The molecule has 0 aromatic heterocycles. The Bertz CT molecular complexity index is 693. The van der Waals surface area contributed by atoms with Crippen LogP contribution in [0.3, 0.4) is 0 Å². The molecule has 0 aliphatic carbocycles. The lowest BCUT2D eigenvalue weighted by atomic mass is 10.1. The molecule has 0 fully saturated rings. The number of anilines is 1. The first-order valence-electron chi connectivity index (χ1n) is 6.66. The number of carbonyl (C=O) groups is 1. The summed E-state index contributed by atoms with van der Waals surface area (Å²) in [6.45, 7) is 5.98. The minimum absolute atomic E-state index is 0.317. The van der Waals surface area contributed by atoms with E-state index in [1.165, 1.54) is 7.11 Å². The van der Waals surface area contributed by atoms with E-state index >= 15 is 0 Å². The molecule has 0 atom stereocenters. The number of benzene rings is 2. The van der Waals surface area contributed by atoms with Gasteiger partial charge in [-0.1, -0.05) is 12.1 Å². The van der Waals surface area contributed by atoms with E-state index in [1.807, 2.05) is 32.9 Å². The zero-order valence-electron chi connectivity index (χ0n) is 12.7. The molecular weight excluding hydrogens is 266 g/mol. The summed E-state index contributed by atoms with van der Waals surface area (Å²) in [5.41, 5.74) is 9.72. The van der Waals surface area contributed by atoms with Gasteiger partial charge in [0.1, 0.15) is 17.1 Å². The van der Waals surface area contributed by atoms with Crippen LogP contribution in [0.25, 0.3) is 0 Å². The van der Waals surface area contributed by atoms with Gasteiger partial charge >= 0.3 is 5.97 Å². The van der Waals surface area contributed by atoms with Crippen LogP contribution in [0.15, 0.2) is 30.3 Å². The summed E-state index contributed by atoms with van der Waals surface area (Å²) in [5, 5.41) is 0. The third kappa shape index (κ3) is 2.99. The Hall–Kier alpha value is -2.49. The number of ether oxygens (including phenoxy) is 2. The SMILES string of the molecule is COC(=O)c1cc(N)ccc1Oc1c(C)ccc(C)c1C. The van der Waals surface area contributed by atoms with Gasteiger partial charge in [0.15, 0.2) is 0 Å². The van der Waals surface area contributed by atoms with Gasteiger partial charge in [0.2, 0.25) is 0 Å². The molecular formula is C17H19NO3. The number of hydrogen-bond acceptors (Lipinski definition) is 4. The van der Waals surface area contributed by atoms with E-state index in [4.69, 9.17) is 15.2 Å². The average Bonchev–Trinajstić information content (AvgIpc) is 2.48. The molecule has 0 amide bonds. The Kier molecular flexibility index (Phi) is 4.17. The van der Waals surface area contributed by atoms with Crippen molar-refractivity contribution in [1.82, 2.24) is 0 Å². The number of aryl methyl sites for hydroxylation is 2. The van der Waals surface area contributed by atoms with Crippen molar-refractivity contribution in [3.63, 3.8) is 0 Å². The first-order chi connectivity index (χ1) is 9.93. The summed E-state index contributed by atoms with van der Waals surface area (Å²) in [7, 11) is 1.33. The highest BCUT2D eigenvalue weighted by atomic mass is 16.5. The normalized spacial score (nSPS) is 10.3. The molecule has 2 aromatic rings. The Balaban J connectivity index is 2.50. The van der Waals surface area contributed by atoms with Crippen molar-refractivity contribution in [2.24, 2.45) is 0 Å². The van der Waals surface area contributed by atoms with E-state index in [-0.39, 0.29) is 0 Å². The number of carbonyl (C=O) groups excluding carboxylic acids is 1. The van der Waals surface area contributed by atoms with Gasteiger partial charge in [-0.2, -0.15) is 0 Å². The van der Waals surface area contributed by atoms with Gasteiger partial charge in [0, 0.05) is 5.69 Å². The molecule has 2 aromatic carbocycles. The van der Waals surface area contributed by atoms with Crippen LogP contribution < -0.4 is 10.5 Å². The third-order valence-corrected chi connectivity index (χ3v) is 3.49. The van der Waals surface area contributed by atoms with E-state index in [0.717, 1.165) is 22.4 Å². The molecule has 0 aliphatic rings. The molecule has 2 rings (SSSR count). The molecule has 0 spiro atoms. The van der Waals surface area contributed by atoms with E-state index in [0.29, 0.717) is 17.0 Å². The van der Waals surface area contributed by atoms with Gasteiger partial charge in [0.05, 0.1) is 7.11 Å². The fourth-order valence-electron chi connectivity index (χ4n) is 2.10. The van der Waals surface area contributed by atoms with Crippen LogP contribution in [0.1, 0.15) is 27.0 Å². The second kappa shape index (κ2) is 5.87. The van der Waals surface area contributed by atoms with Gasteiger partial charge in [-0.05, 0) is 55.7 Å². The number of nitrogens with two attached hydrogens (primary N) is 1. The molecule has 4 nitrogen and oxygen atoms in total. The van der Waals surface area contributed by atoms with Crippen molar-refractivity contribution in [3.8, 4) is 11.5 Å². The van der Waals surface area contributed by atoms with Crippen LogP contribution in [0.4, 0.5) is 5.69 Å². The predicted octanol–water partition coefficient (Wildman–Crippen LogP) is 3.77. The van der Waals surface area contributed by atoms with Crippen LogP contribution in [0.2, 0.25) is 0 Å². The Labute approximate surface area is 124 Å². The standard InChI is InChI=1S/C17H19NO3/c1-10-5-6-11(2)16(12(10)3)21-15-8-7-13(18)9-14(15)17(19)20-4/h5-9H,18H2,1-4H3. The molecule has 0 bridgehead atoms. The molecule has 0 radical (unpaired) electrons. The monoisotopic (exact) mass is 285 g/mol. The van der Waals surface area contributed by atoms with Crippen molar-refractivity contribution in [2.75, 3.05) is 12.8 Å². The highest BCUT2D eigenvalue weighted by molar-refractivity contribution is 5.93. The first-order valence-corrected chi connectivity index (χ1v) is 6.66. The van der Waals surface area contributed by atoms with Crippen molar-refractivity contribution in [1.29, 1.82) is 0 Å². The van der Waals surface area contributed by atoms with Crippen LogP contribution in [-0.2, 0) is 4.74 Å². The number of esters is 1. The molecule has 21 heavy (non-hydrogen) atoms. The lowest BCUT2D eigenvalue weighted by Crippen LogP contribution is -2.05. The van der Waals surface area contributed by atoms with Crippen LogP contribution >= 0.6 is 0 Å². The van der Waals surface area contributed by atoms with Crippen molar-refractivity contribution >= 4 is 11.7 Å². The fraction of sp³-hybridized carbons (Fsp3) is 0.235. The maximum atomic E-state index is 11.9. The van der Waals surface area contributed by atoms with Gasteiger partial charge < -0.3 is 15.2 Å². The van der Waals surface area contributed by atoms with E-state index in [9.17, 15) is 4.79 Å². The predicted molar refractivity (Wildman–Crippen MR) is 82.9 cm³/mol. The summed E-state index contributed by atoms with van der Waals surface area (Å²) in [4.78, 5) is 11.9. The number of rotatable bonds is 3. The average molecular weight is 285 g/mol. The minimum atomic E-state index is -0.472. The second-order valence-electron chi connectivity index (χ2n) is 5.00. The van der Waals surface area contributed by atoms with Crippen LogP contribution in [0, 0.1) is 20.8 Å². The topological polar surface area (TPSA) is 61.5 Å². The zero-order chi connectivity index (χ0) is 15.6. The highest BCUT2D eigenvalue weighted by Crippen LogP contribution is 2.33. The lowest BCUT2D eigenvalue weighted by molar-refractivity contribution is 0.0598. The number of nitrogen functional groups attached to an aromatic ring is 1. The van der Waals surface area contributed by atoms with Crippen LogP contribution in [-0.4, -0.2) is 13.1 Å². The zero-order valence-corrected chi connectivity index (χ0v) is 12.7. The molecule has 0 saturated heterocycles. The minimum Gasteiger partial charge on any atom is -0.465 e. The smallest absolute Gasteiger partial charge is 0.341 e. The number of hydrogen-bond donors (Lipinski definition) is 1. The summed E-state index contributed by atoms with van der Waals surface area (Å²) < 4.78 is 10.8. The lowest BCUT2D eigenvalue weighted by Gasteiger charge is -2.16. The van der Waals surface area contributed by atoms with Gasteiger partial charge in [-0.15, -0.1) is 0 Å². The summed E-state index contributed by atoms with van der Waals surface area (Å²) in [6, 6.07) is 8.97. The summed E-state index contributed by atoms with van der Waals surface area (Å²) in [6.07, 6.45) is 0. The van der Waals surface area contributed by atoms with E-state index in [1.54, 1.807) is 18.2 Å². The van der Waals surface area contributed by atoms with Crippen LogP contribution in [0.5, 0.6) is 11.5 Å². The quantitative estimate of drug-likeness (QED) is 0.688. The van der Waals surface area contributed by atoms with Gasteiger partial charge in [-0.25, -0.2) is 4.79 Å². The molecule has 2 N–H and O–H groups in total. The summed E-state index contributed by atoms with van der Waals surface area (Å²) in [5.74, 6) is 0.720. The fourth-order valence-corrected chi connectivity index (χ4v) is 2.10. The summed E-state index contributed by atoms with van der Waals surface area (Å²) >= 11 is 0. The Morgan fingerprint density at radius 2 is 1.71 bits per heavy atom. The largest absolute Gasteiger partial charge is 0.465 e. The van der Waals surface area contributed by atoms with E-state index in [2.05, 4.69) is 0 Å². The second-order valence-corrected chi connectivity index (χ2v) is 5.00. The highest BCUT2D eigenvalue weighted by Gasteiger charge is 2.16. The van der Waals surface area contributed by atoms with Crippen molar-refractivity contribution in [3.05, 3.63) is 52.6 Å². The molecule has 4 heteroatoms. The maximum Gasteiger partial charge on any atom is 0.341 e. The van der Waals surface area contributed by atoms with Crippen molar-refractivity contribution < 1.29 is 14.3 Å². The molecule has 0 unspecified atom stereocenters. The number of methoxy groups -OCH3 is 1. The first kappa shape index (κ1) is 14.9. The molecule has 0 aliphatic heterocycles. The maximum absolute atomic E-state index is 11.9. The molecule has 0 heterocycles. The van der Waals surface area contributed by atoms with Gasteiger partial charge in [-0.3, -0.25) is 0 Å². The third-order valence-electron chi connectivity index (χ3n) is 3.49. The van der Waals surface area contributed by atoms with Crippen molar-refractivity contribution in [2.45, 2.75) is 20.8 Å². The Morgan fingerprint density at radius 3 is 2.38 bits per heavy atom. The molecule has 110 valence electrons. The van der Waals surface area contributed by atoms with E-state index < -0.39 is 5.97 Å². The van der Waals surface area contributed by atoms with Gasteiger partial charge in [0.25, 0.3) is 0 Å². The Morgan fingerprint density at radius 1 is 1.05 bits per heavy atom. The molecule has 0 saturated carbocycles.